The number of hydrogen-bond donors (Lipinski definition) is 1. The maximum absolute atomic E-state index is 14.0. The molecule has 0 aliphatic rings. The zero-order chi connectivity index (χ0) is 19.9. The molecule has 2 aromatic heterocycles. The highest BCUT2D eigenvalue weighted by molar-refractivity contribution is 5.88. The van der Waals surface area contributed by atoms with Gasteiger partial charge in [-0.3, -0.25) is 0 Å². The normalized spacial score (nSPS) is 11.8. The fourth-order valence-electron chi connectivity index (χ4n) is 3.12. The van der Waals surface area contributed by atoms with Crippen LogP contribution in [0.1, 0.15) is 5.56 Å². The lowest BCUT2D eigenvalue weighted by Gasteiger charge is -2.11. The number of aryl methyl sites for hydroxylation is 1. The fourth-order valence-corrected chi connectivity index (χ4v) is 3.12. The number of alkyl halides is 3. The number of aromatic nitrogens is 2. The summed E-state index contributed by atoms with van der Waals surface area (Å²) in [6.07, 6.45) is -2.94. The first-order valence-electron chi connectivity index (χ1n) is 8.47. The van der Waals surface area contributed by atoms with E-state index in [2.05, 4.69) is 10.3 Å². The predicted octanol–water partition coefficient (Wildman–Crippen LogP) is 6.14. The molecule has 0 unspecified atom stereocenters. The number of rotatable bonds is 3. The summed E-state index contributed by atoms with van der Waals surface area (Å²) < 4.78 is 54.6. The quantitative estimate of drug-likeness (QED) is 0.429. The molecule has 3 nitrogen and oxygen atoms in total. The molecule has 2 heterocycles. The lowest BCUT2D eigenvalue weighted by molar-refractivity contribution is -0.137. The van der Waals surface area contributed by atoms with Gasteiger partial charge in [-0.15, -0.1) is 0 Å². The monoisotopic (exact) mass is 385 g/mol. The maximum Gasteiger partial charge on any atom is 0.416 e. The summed E-state index contributed by atoms with van der Waals surface area (Å²) in [4.78, 5) is 4.21. The van der Waals surface area contributed by atoms with Crippen LogP contribution in [0.3, 0.4) is 0 Å². The highest BCUT2D eigenvalue weighted by Crippen LogP contribution is 2.33. The minimum absolute atomic E-state index is 0.256. The summed E-state index contributed by atoms with van der Waals surface area (Å²) in [6.45, 7) is 0. The van der Waals surface area contributed by atoms with Gasteiger partial charge in [0.15, 0.2) is 0 Å². The highest BCUT2D eigenvalue weighted by Gasteiger charge is 2.31. The van der Waals surface area contributed by atoms with Crippen molar-refractivity contribution in [1.29, 1.82) is 0 Å². The van der Waals surface area contributed by atoms with E-state index in [0.717, 1.165) is 34.3 Å². The number of nitrogens with one attached hydrogen (secondary N) is 1. The number of pyridine rings is 1. The zero-order valence-electron chi connectivity index (χ0n) is 14.8. The molecule has 0 saturated heterocycles. The standard InChI is InChI=1S/C21H15F4N3/c1-28-18(13-5-3-2-4-6-13)9-14-12-26-20(11-19(14)28)27-17-10-15(21(23,24)25)7-8-16(17)22/h2-12H,1H3,(H,26,27). The minimum atomic E-state index is -4.55. The molecular formula is C21H15F4N3. The molecule has 2 aromatic carbocycles. The van der Waals surface area contributed by atoms with Gasteiger partial charge < -0.3 is 9.88 Å². The van der Waals surface area contributed by atoms with Gasteiger partial charge in [-0.05, 0) is 29.8 Å². The minimum Gasteiger partial charge on any atom is -0.343 e. The van der Waals surface area contributed by atoms with Crippen molar-refractivity contribution in [3.8, 4) is 11.3 Å². The Morgan fingerprint density at radius 3 is 2.43 bits per heavy atom. The van der Waals surface area contributed by atoms with Gasteiger partial charge in [-0.2, -0.15) is 13.2 Å². The Hall–Kier alpha value is -3.35. The third-order valence-electron chi connectivity index (χ3n) is 4.55. The molecule has 142 valence electrons. The zero-order valence-corrected chi connectivity index (χ0v) is 14.8. The molecule has 0 saturated carbocycles. The lowest BCUT2D eigenvalue weighted by atomic mass is 10.1. The van der Waals surface area contributed by atoms with Crippen LogP contribution in [-0.4, -0.2) is 9.55 Å². The molecule has 7 heteroatoms. The van der Waals surface area contributed by atoms with Crippen LogP contribution in [0.2, 0.25) is 0 Å². The van der Waals surface area contributed by atoms with E-state index in [1.165, 1.54) is 0 Å². The van der Waals surface area contributed by atoms with E-state index in [0.29, 0.717) is 6.07 Å². The van der Waals surface area contributed by atoms with Crippen molar-refractivity contribution in [2.24, 2.45) is 7.05 Å². The molecule has 4 rings (SSSR count). The second kappa shape index (κ2) is 6.67. The first kappa shape index (κ1) is 18.0. The maximum atomic E-state index is 14.0. The van der Waals surface area contributed by atoms with Crippen molar-refractivity contribution < 1.29 is 17.6 Å². The number of halogens is 4. The van der Waals surface area contributed by atoms with Crippen molar-refractivity contribution in [2.45, 2.75) is 6.18 Å². The third kappa shape index (κ3) is 3.31. The van der Waals surface area contributed by atoms with Crippen LogP contribution >= 0.6 is 0 Å². The molecule has 0 amide bonds. The molecule has 0 aliphatic carbocycles. The average Bonchev–Trinajstić information content (AvgIpc) is 3.00. The van der Waals surface area contributed by atoms with Crippen LogP contribution in [0.25, 0.3) is 22.2 Å². The van der Waals surface area contributed by atoms with E-state index in [4.69, 9.17) is 0 Å². The van der Waals surface area contributed by atoms with Crippen LogP contribution in [0.15, 0.2) is 66.9 Å². The number of benzene rings is 2. The van der Waals surface area contributed by atoms with Crippen LogP contribution in [0, 0.1) is 5.82 Å². The lowest BCUT2D eigenvalue weighted by Crippen LogP contribution is -2.06. The molecule has 4 aromatic rings. The summed E-state index contributed by atoms with van der Waals surface area (Å²) in [5, 5.41) is 3.53. The SMILES string of the molecule is Cn1c(-c2ccccc2)cc2cnc(Nc3cc(C(F)(F)F)ccc3F)cc21. The first-order valence-corrected chi connectivity index (χ1v) is 8.47. The Labute approximate surface area is 158 Å². The summed E-state index contributed by atoms with van der Waals surface area (Å²) in [6, 6.07) is 15.7. The van der Waals surface area contributed by atoms with Crippen molar-refractivity contribution in [1.82, 2.24) is 9.55 Å². The van der Waals surface area contributed by atoms with E-state index in [-0.39, 0.29) is 11.5 Å². The molecule has 1 N–H and O–H groups in total. The second-order valence-electron chi connectivity index (χ2n) is 6.40. The fraction of sp³-hybridized carbons (Fsp3) is 0.0952. The Kier molecular flexibility index (Phi) is 4.30. The molecule has 0 bridgehead atoms. The third-order valence-corrected chi connectivity index (χ3v) is 4.55. The second-order valence-corrected chi connectivity index (χ2v) is 6.40. The van der Waals surface area contributed by atoms with E-state index in [1.54, 1.807) is 12.3 Å². The number of nitrogens with zero attached hydrogens (tertiary/aromatic N) is 2. The molecule has 0 spiro atoms. The van der Waals surface area contributed by atoms with Crippen molar-refractivity contribution in [2.75, 3.05) is 5.32 Å². The van der Waals surface area contributed by atoms with E-state index in [9.17, 15) is 17.6 Å². The van der Waals surface area contributed by atoms with E-state index in [1.807, 2.05) is 48.0 Å². The summed E-state index contributed by atoms with van der Waals surface area (Å²) in [5.74, 6) is -0.529. The van der Waals surface area contributed by atoms with E-state index >= 15 is 0 Å². The van der Waals surface area contributed by atoms with Crippen LogP contribution in [0.5, 0.6) is 0 Å². The Morgan fingerprint density at radius 1 is 0.964 bits per heavy atom. The first-order chi connectivity index (χ1) is 13.3. The van der Waals surface area contributed by atoms with Crippen molar-refractivity contribution in [3.63, 3.8) is 0 Å². The molecule has 0 fully saturated rings. The highest BCUT2D eigenvalue weighted by atomic mass is 19.4. The summed E-state index contributed by atoms with van der Waals surface area (Å²) in [7, 11) is 1.89. The summed E-state index contributed by atoms with van der Waals surface area (Å²) >= 11 is 0. The molecule has 0 radical (unpaired) electrons. The van der Waals surface area contributed by atoms with Gasteiger partial charge in [0.05, 0.1) is 16.8 Å². The van der Waals surface area contributed by atoms with Gasteiger partial charge in [0.1, 0.15) is 11.6 Å². The number of hydrogen-bond acceptors (Lipinski definition) is 2. The van der Waals surface area contributed by atoms with E-state index < -0.39 is 17.6 Å². The number of anilines is 2. The van der Waals surface area contributed by atoms with Crippen molar-refractivity contribution >= 4 is 22.4 Å². The van der Waals surface area contributed by atoms with Gasteiger partial charge in [0, 0.05) is 30.4 Å². The Balaban J connectivity index is 1.72. The van der Waals surface area contributed by atoms with Gasteiger partial charge in [0.2, 0.25) is 0 Å². The van der Waals surface area contributed by atoms with Gasteiger partial charge in [-0.25, -0.2) is 9.37 Å². The van der Waals surface area contributed by atoms with Crippen molar-refractivity contribution in [3.05, 3.63) is 78.2 Å². The molecule has 0 aliphatic heterocycles. The van der Waals surface area contributed by atoms with Crippen LogP contribution in [-0.2, 0) is 13.2 Å². The summed E-state index contributed by atoms with van der Waals surface area (Å²) in [5.41, 5.74) is 1.62. The molecule has 0 atom stereocenters. The van der Waals surface area contributed by atoms with Gasteiger partial charge >= 0.3 is 6.18 Å². The Morgan fingerprint density at radius 2 is 1.71 bits per heavy atom. The average molecular weight is 385 g/mol. The van der Waals surface area contributed by atoms with Gasteiger partial charge in [-0.1, -0.05) is 30.3 Å². The number of fused-ring (bicyclic) bond motifs is 1. The smallest absolute Gasteiger partial charge is 0.343 e. The topological polar surface area (TPSA) is 29.9 Å². The molecule has 28 heavy (non-hydrogen) atoms. The molecular weight excluding hydrogens is 370 g/mol. The van der Waals surface area contributed by atoms with Gasteiger partial charge in [0.25, 0.3) is 0 Å². The van der Waals surface area contributed by atoms with Crippen LogP contribution < -0.4 is 5.32 Å². The largest absolute Gasteiger partial charge is 0.416 e. The van der Waals surface area contributed by atoms with Crippen LogP contribution in [0.4, 0.5) is 29.1 Å². The predicted molar refractivity (Wildman–Crippen MR) is 101 cm³/mol. The Bertz CT molecular complexity index is 1150.